The van der Waals surface area contributed by atoms with Crippen molar-refractivity contribution in [3.63, 3.8) is 0 Å². The molecule has 2 aromatic rings. The van der Waals surface area contributed by atoms with Gasteiger partial charge in [-0.25, -0.2) is 0 Å². The molecule has 0 aliphatic carbocycles. The predicted molar refractivity (Wildman–Crippen MR) is 93.0 cm³/mol. The summed E-state index contributed by atoms with van der Waals surface area (Å²) in [6.07, 6.45) is 1.52. The maximum atomic E-state index is 12.3. The van der Waals surface area contributed by atoms with Crippen molar-refractivity contribution in [2.75, 3.05) is 5.32 Å². The molecule has 2 heterocycles. The molecule has 1 aliphatic heterocycles. The summed E-state index contributed by atoms with van der Waals surface area (Å²) in [5.41, 5.74) is 2.72. The third-order valence-corrected chi connectivity index (χ3v) is 5.33. The average Bonchev–Trinajstić information content (AvgIpc) is 3.09. The summed E-state index contributed by atoms with van der Waals surface area (Å²) >= 11 is 1.58. The van der Waals surface area contributed by atoms with Gasteiger partial charge in [0, 0.05) is 29.5 Å². The number of rotatable bonds is 5. The molecule has 0 bridgehead atoms. The second-order valence-electron chi connectivity index (χ2n) is 5.92. The van der Waals surface area contributed by atoms with E-state index in [2.05, 4.69) is 20.8 Å². The molecule has 1 aliphatic rings. The van der Waals surface area contributed by atoms with Crippen LogP contribution in [0.1, 0.15) is 30.7 Å². The Balaban J connectivity index is 1.70. The van der Waals surface area contributed by atoms with Crippen molar-refractivity contribution in [3.05, 3.63) is 35.7 Å². The van der Waals surface area contributed by atoms with Crippen molar-refractivity contribution < 1.29 is 9.59 Å². The number of aromatic nitrogens is 2. The molecule has 1 atom stereocenters. The fourth-order valence-electron chi connectivity index (χ4n) is 2.72. The number of H-pyrrole nitrogens is 1. The molecule has 1 fully saturated rings. The van der Waals surface area contributed by atoms with Gasteiger partial charge in [0.15, 0.2) is 0 Å². The number of carbonyl (C=O) groups is 2. The zero-order valence-electron chi connectivity index (χ0n) is 13.7. The van der Waals surface area contributed by atoms with Gasteiger partial charge in [0.1, 0.15) is 0 Å². The number of hydrogen-bond acceptors (Lipinski definition) is 4. The quantitative estimate of drug-likeness (QED) is 0.778. The van der Waals surface area contributed by atoms with Gasteiger partial charge in [-0.05, 0) is 32.4 Å². The normalized spacial score (nSPS) is 16.9. The second kappa shape index (κ2) is 7.09. The molecule has 1 aromatic carbocycles. The molecule has 0 saturated carbocycles. The SMILES string of the molecule is Cc1n[nH]c(C)c1Sc1ccccc1NC(=O)CC1CCC(=O)N1. The molecule has 0 radical (unpaired) electrons. The van der Waals surface area contributed by atoms with Gasteiger partial charge in [0.05, 0.1) is 16.3 Å². The topological polar surface area (TPSA) is 86.9 Å². The molecule has 1 aromatic heterocycles. The Morgan fingerprint density at radius 2 is 2.17 bits per heavy atom. The Labute approximate surface area is 144 Å². The molecule has 6 nitrogen and oxygen atoms in total. The standard InChI is InChI=1S/C17H20N4O2S/c1-10-17(11(2)21-20-10)24-14-6-4-3-5-13(14)19-16(23)9-12-7-8-15(22)18-12/h3-6,12H,7-9H2,1-2H3,(H,18,22)(H,19,23)(H,20,21). The Kier molecular flexibility index (Phi) is 4.89. The van der Waals surface area contributed by atoms with Crippen LogP contribution in [0, 0.1) is 13.8 Å². The van der Waals surface area contributed by atoms with Crippen LogP contribution >= 0.6 is 11.8 Å². The van der Waals surface area contributed by atoms with Crippen molar-refractivity contribution in [2.24, 2.45) is 0 Å². The van der Waals surface area contributed by atoms with Crippen molar-refractivity contribution in [1.29, 1.82) is 0 Å². The van der Waals surface area contributed by atoms with Crippen LogP contribution in [-0.4, -0.2) is 28.1 Å². The third kappa shape index (κ3) is 3.79. The summed E-state index contributed by atoms with van der Waals surface area (Å²) in [4.78, 5) is 25.5. The summed E-state index contributed by atoms with van der Waals surface area (Å²) in [6.45, 7) is 3.93. The van der Waals surface area contributed by atoms with E-state index in [0.29, 0.717) is 12.8 Å². The van der Waals surface area contributed by atoms with Crippen LogP contribution in [-0.2, 0) is 9.59 Å². The first kappa shape index (κ1) is 16.6. The number of amides is 2. The minimum Gasteiger partial charge on any atom is -0.353 e. The summed E-state index contributed by atoms with van der Waals surface area (Å²) in [5.74, 6) is -0.0643. The molecule has 0 spiro atoms. The predicted octanol–water partition coefficient (Wildman–Crippen LogP) is 2.78. The van der Waals surface area contributed by atoms with Gasteiger partial charge >= 0.3 is 0 Å². The molecule has 7 heteroatoms. The first-order chi connectivity index (χ1) is 11.5. The van der Waals surface area contributed by atoms with Crippen LogP contribution in [0.5, 0.6) is 0 Å². The smallest absolute Gasteiger partial charge is 0.226 e. The monoisotopic (exact) mass is 344 g/mol. The maximum absolute atomic E-state index is 12.3. The van der Waals surface area contributed by atoms with Gasteiger partial charge in [-0.1, -0.05) is 23.9 Å². The highest BCUT2D eigenvalue weighted by molar-refractivity contribution is 7.99. The Hall–Kier alpha value is -2.28. The number of benzene rings is 1. The number of carbonyl (C=O) groups excluding carboxylic acids is 2. The number of aromatic amines is 1. The lowest BCUT2D eigenvalue weighted by molar-refractivity contribution is -0.119. The minimum absolute atomic E-state index is 0.0228. The van der Waals surface area contributed by atoms with Crippen molar-refractivity contribution in [3.8, 4) is 0 Å². The number of anilines is 1. The van der Waals surface area contributed by atoms with Crippen LogP contribution in [0.2, 0.25) is 0 Å². The van der Waals surface area contributed by atoms with Gasteiger partial charge in [-0.3, -0.25) is 14.7 Å². The van der Waals surface area contributed by atoms with Gasteiger partial charge in [0.25, 0.3) is 0 Å². The van der Waals surface area contributed by atoms with E-state index in [4.69, 9.17) is 0 Å². The first-order valence-electron chi connectivity index (χ1n) is 7.90. The first-order valence-corrected chi connectivity index (χ1v) is 8.72. The van der Waals surface area contributed by atoms with Crippen LogP contribution in [0.15, 0.2) is 34.1 Å². The number of hydrogen-bond donors (Lipinski definition) is 3. The number of para-hydroxylation sites is 1. The highest BCUT2D eigenvalue weighted by Gasteiger charge is 2.23. The largest absolute Gasteiger partial charge is 0.353 e. The summed E-state index contributed by atoms with van der Waals surface area (Å²) in [5, 5.41) is 13.0. The van der Waals surface area contributed by atoms with Crippen molar-refractivity contribution in [2.45, 2.75) is 48.9 Å². The van der Waals surface area contributed by atoms with Crippen LogP contribution in [0.25, 0.3) is 0 Å². The Morgan fingerprint density at radius 1 is 1.38 bits per heavy atom. The van der Waals surface area contributed by atoms with Gasteiger partial charge in [0.2, 0.25) is 11.8 Å². The number of aryl methyl sites for hydroxylation is 2. The highest BCUT2D eigenvalue weighted by atomic mass is 32.2. The van der Waals surface area contributed by atoms with Crippen LogP contribution in [0.3, 0.4) is 0 Å². The lowest BCUT2D eigenvalue weighted by Gasteiger charge is -2.13. The zero-order valence-corrected chi connectivity index (χ0v) is 14.5. The van der Waals surface area contributed by atoms with Crippen molar-refractivity contribution >= 4 is 29.3 Å². The Morgan fingerprint density at radius 3 is 2.83 bits per heavy atom. The van der Waals surface area contributed by atoms with Gasteiger partial charge < -0.3 is 10.6 Å². The van der Waals surface area contributed by atoms with E-state index in [9.17, 15) is 9.59 Å². The van der Waals surface area contributed by atoms with E-state index in [-0.39, 0.29) is 17.9 Å². The zero-order chi connectivity index (χ0) is 17.1. The number of nitrogens with zero attached hydrogens (tertiary/aromatic N) is 1. The minimum atomic E-state index is -0.0871. The fraction of sp³-hybridized carbons (Fsp3) is 0.353. The second-order valence-corrected chi connectivity index (χ2v) is 6.97. The molecule has 1 saturated heterocycles. The molecular formula is C17H20N4O2S. The highest BCUT2D eigenvalue weighted by Crippen LogP contribution is 2.36. The van der Waals surface area contributed by atoms with E-state index in [1.54, 1.807) is 11.8 Å². The van der Waals surface area contributed by atoms with Crippen LogP contribution in [0.4, 0.5) is 5.69 Å². The molecule has 24 heavy (non-hydrogen) atoms. The van der Waals surface area contributed by atoms with E-state index in [1.807, 2.05) is 38.1 Å². The molecule has 126 valence electrons. The van der Waals surface area contributed by atoms with Gasteiger partial charge in [-0.2, -0.15) is 5.10 Å². The molecule has 2 amide bonds. The Bertz CT molecular complexity index is 752. The third-order valence-electron chi connectivity index (χ3n) is 3.95. The summed E-state index contributed by atoms with van der Waals surface area (Å²) < 4.78 is 0. The fourth-order valence-corrected chi connectivity index (χ4v) is 3.70. The van der Waals surface area contributed by atoms with E-state index < -0.39 is 0 Å². The van der Waals surface area contributed by atoms with E-state index >= 15 is 0 Å². The maximum Gasteiger partial charge on any atom is 0.226 e. The molecular weight excluding hydrogens is 324 g/mol. The molecule has 3 rings (SSSR count). The molecule has 3 N–H and O–H groups in total. The number of nitrogens with one attached hydrogen (secondary N) is 3. The summed E-state index contributed by atoms with van der Waals surface area (Å²) in [6, 6.07) is 7.64. The van der Waals surface area contributed by atoms with E-state index in [0.717, 1.165) is 33.3 Å². The van der Waals surface area contributed by atoms with Gasteiger partial charge in [-0.15, -0.1) is 0 Å². The summed E-state index contributed by atoms with van der Waals surface area (Å²) in [7, 11) is 0. The van der Waals surface area contributed by atoms with E-state index in [1.165, 1.54) is 0 Å². The molecule has 1 unspecified atom stereocenters. The lowest BCUT2D eigenvalue weighted by atomic mass is 10.1. The average molecular weight is 344 g/mol. The lowest BCUT2D eigenvalue weighted by Crippen LogP contribution is -2.29. The van der Waals surface area contributed by atoms with Crippen LogP contribution < -0.4 is 10.6 Å². The van der Waals surface area contributed by atoms with Crippen molar-refractivity contribution in [1.82, 2.24) is 15.5 Å².